The zero-order valence-corrected chi connectivity index (χ0v) is 28.1. The van der Waals surface area contributed by atoms with E-state index in [1.165, 1.54) is 43.6 Å². The molecule has 0 saturated heterocycles. The average Bonchev–Trinajstić information content (AvgIpc) is 3.74. The highest BCUT2D eigenvalue weighted by Gasteiger charge is 2.20. The van der Waals surface area contributed by atoms with E-state index in [-0.39, 0.29) is 0 Å². The number of hydrogen-bond acceptors (Lipinski definition) is 1. The van der Waals surface area contributed by atoms with Crippen LogP contribution in [0.4, 0.5) is 5.69 Å². The second-order valence-electron chi connectivity index (χ2n) is 13.1. The second kappa shape index (κ2) is 12.0. The first-order valence-electron chi connectivity index (χ1n) is 17.4. The number of para-hydroxylation sites is 3. The van der Waals surface area contributed by atoms with Gasteiger partial charge in [-0.05, 0) is 77.4 Å². The van der Waals surface area contributed by atoms with Gasteiger partial charge in [-0.2, -0.15) is 0 Å². The maximum atomic E-state index is 7.56. The van der Waals surface area contributed by atoms with Crippen molar-refractivity contribution in [3.8, 4) is 45.0 Å². The Balaban J connectivity index is 1.19. The van der Waals surface area contributed by atoms with Gasteiger partial charge in [0, 0.05) is 38.5 Å². The topological polar surface area (TPSA) is 27.1 Å². The van der Waals surface area contributed by atoms with Crippen LogP contribution in [0, 0.1) is 6.57 Å². The third-order valence-electron chi connectivity index (χ3n) is 10.1. The lowest BCUT2D eigenvalue weighted by molar-refractivity contribution is 1.17. The van der Waals surface area contributed by atoms with Gasteiger partial charge in [-0.25, -0.2) is 9.83 Å². The molecule has 4 nitrogen and oxygen atoms in total. The molecule has 4 heteroatoms. The third kappa shape index (κ3) is 4.72. The number of nitrogens with zero attached hydrogens (tertiary/aromatic N) is 4. The van der Waals surface area contributed by atoms with Gasteiger partial charge in [-0.1, -0.05) is 121 Å². The van der Waals surface area contributed by atoms with E-state index in [9.17, 15) is 0 Å². The fraction of sp³-hybridized carbons (Fsp3) is 0. The van der Waals surface area contributed by atoms with E-state index in [0.29, 0.717) is 5.69 Å². The summed E-state index contributed by atoms with van der Waals surface area (Å²) < 4.78 is 4.82. The molecule has 0 N–H and O–H groups in total. The van der Waals surface area contributed by atoms with Crippen molar-refractivity contribution in [3.63, 3.8) is 0 Å². The fourth-order valence-electron chi connectivity index (χ4n) is 7.77. The van der Waals surface area contributed by atoms with Crippen LogP contribution in [-0.4, -0.2) is 14.1 Å². The number of hydrogen-bond donors (Lipinski definition) is 0. The highest BCUT2D eigenvalue weighted by Crippen LogP contribution is 2.42. The molecule has 10 rings (SSSR count). The Labute approximate surface area is 300 Å². The standard InChI is InChI=1S/C48H30N4/c1-49-36-16-12-15-34(29-36)43-31-35(30-42(50-43)33-13-4-2-5-14-33)32-23-25-38(26-24-32)52-44-21-10-8-19-39(44)40-27-28-46-47(48(40)52)41-20-9-11-22-45(41)51(46)37-17-6-3-7-18-37/h2-31H. The molecule has 0 bridgehead atoms. The van der Waals surface area contributed by atoms with E-state index in [2.05, 4.69) is 154 Å². The van der Waals surface area contributed by atoms with Crippen LogP contribution in [0.15, 0.2) is 182 Å². The summed E-state index contributed by atoms with van der Waals surface area (Å²) in [5, 5.41) is 4.93. The summed E-state index contributed by atoms with van der Waals surface area (Å²) in [6.45, 7) is 7.56. The molecule has 0 aliphatic heterocycles. The minimum absolute atomic E-state index is 0.600. The molecule has 3 aromatic heterocycles. The molecule has 0 atom stereocenters. The van der Waals surface area contributed by atoms with Gasteiger partial charge < -0.3 is 9.13 Å². The monoisotopic (exact) mass is 662 g/mol. The Kier molecular flexibility index (Phi) is 6.84. The van der Waals surface area contributed by atoms with Gasteiger partial charge in [-0.15, -0.1) is 0 Å². The van der Waals surface area contributed by atoms with Crippen LogP contribution in [-0.2, 0) is 0 Å². The minimum atomic E-state index is 0.600. The molecule has 242 valence electrons. The molecule has 0 saturated carbocycles. The molecule has 0 spiro atoms. The van der Waals surface area contributed by atoms with E-state index < -0.39 is 0 Å². The molecule has 52 heavy (non-hydrogen) atoms. The lowest BCUT2D eigenvalue weighted by Gasteiger charge is -2.13. The van der Waals surface area contributed by atoms with E-state index >= 15 is 0 Å². The van der Waals surface area contributed by atoms with Crippen LogP contribution >= 0.6 is 0 Å². The van der Waals surface area contributed by atoms with Crippen molar-refractivity contribution in [2.45, 2.75) is 0 Å². The second-order valence-corrected chi connectivity index (χ2v) is 13.1. The van der Waals surface area contributed by atoms with Gasteiger partial charge in [-0.3, -0.25) is 0 Å². The Morgan fingerprint density at radius 2 is 1.02 bits per heavy atom. The van der Waals surface area contributed by atoms with Crippen molar-refractivity contribution in [1.29, 1.82) is 0 Å². The Morgan fingerprint density at radius 1 is 0.404 bits per heavy atom. The average molecular weight is 663 g/mol. The van der Waals surface area contributed by atoms with Crippen molar-refractivity contribution >= 4 is 49.3 Å². The van der Waals surface area contributed by atoms with Crippen LogP contribution in [0.25, 0.3) is 93.5 Å². The van der Waals surface area contributed by atoms with Crippen molar-refractivity contribution in [2.24, 2.45) is 0 Å². The molecule has 10 aromatic rings. The van der Waals surface area contributed by atoms with E-state index in [0.717, 1.165) is 45.0 Å². The van der Waals surface area contributed by atoms with Gasteiger partial charge in [0.2, 0.25) is 0 Å². The van der Waals surface area contributed by atoms with Gasteiger partial charge in [0.1, 0.15) is 0 Å². The van der Waals surface area contributed by atoms with Gasteiger partial charge >= 0.3 is 0 Å². The highest BCUT2D eigenvalue weighted by atomic mass is 15.0. The first kappa shape index (κ1) is 29.7. The van der Waals surface area contributed by atoms with Crippen molar-refractivity contribution < 1.29 is 0 Å². The first-order chi connectivity index (χ1) is 25.7. The summed E-state index contributed by atoms with van der Waals surface area (Å²) >= 11 is 0. The van der Waals surface area contributed by atoms with E-state index in [1.54, 1.807) is 0 Å². The molecule has 0 fully saturated rings. The largest absolute Gasteiger partial charge is 0.309 e. The number of pyridine rings is 1. The van der Waals surface area contributed by atoms with Crippen LogP contribution in [0.5, 0.6) is 0 Å². The highest BCUT2D eigenvalue weighted by molar-refractivity contribution is 6.26. The van der Waals surface area contributed by atoms with Crippen LogP contribution in [0.3, 0.4) is 0 Å². The Hall–Kier alpha value is -7.22. The van der Waals surface area contributed by atoms with Crippen LogP contribution < -0.4 is 0 Å². The Bertz CT molecular complexity index is 3000. The number of fused-ring (bicyclic) bond motifs is 7. The molecule has 0 aliphatic carbocycles. The minimum Gasteiger partial charge on any atom is -0.309 e. The first-order valence-corrected chi connectivity index (χ1v) is 17.4. The van der Waals surface area contributed by atoms with Gasteiger partial charge in [0.05, 0.1) is 40.0 Å². The molecule has 3 heterocycles. The maximum Gasteiger partial charge on any atom is 0.187 e. The van der Waals surface area contributed by atoms with Crippen molar-refractivity contribution in [1.82, 2.24) is 14.1 Å². The number of rotatable bonds is 5. The molecule has 0 aliphatic rings. The fourth-order valence-corrected chi connectivity index (χ4v) is 7.77. The smallest absolute Gasteiger partial charge is 0.187 e. The summed E-state index contributed by atoms with van der Waals surface area (Å²) in [5.41, 5.74) is 13.5. The van der Waals surface area contributed by atoms with Crippen molar-refractivity contribution in [2.75, 3.05) is 0 Å². The Morgan fingerprint density at radius 3 is 1.77 bits per heavy atom. The predicted molar refractivity (Wildman–Crippen MR) is 215 cm³/mol. The summed E-state index contributed by atoms with van der Waals surface area (Å²) in [6.07, 6.45) is 0. The van der Waals surface area contributed by atoms with Gasteiger partial charge in [0.25, 0.3) is 0 Å². The molecule has 0 radical (unpaired) electrons. The lowest BCUT2D eigenvalue weighted by Crippen LogP contribution is -1.96. The molecular weight excluding hydrogens is 633 g/mol. The summed E-state index contributed by atoms with van der Waals surface area (Å²) in [7, 11) is 0. The molecule has 0 unspecified atom stereocenters. The summed E-state index contributed by atoms with van der Waals surface area (Å²) in [6, 6.07) is 63.8. The predicted octanol–water partition coefficient (Wildman–Crippen LogP) is 12.8. The summed E-state index contributed by atoms with van der Waals surface area (Å²) in [4.78, 5) is 8.74. The van der Waals surface area contributed by atoms with Gasteiger partial charge in [0.15, 0.2) is 5.69 Å². The van der Waals surface area contributed by atoms with E-state index in [1.807, 2.05) is 42.5 Å². The SMILES string of the molecule is [C-]#[N+]c1cccc(-c2cc(-c3ccc(-n4c5ccccc5c5ccc6c(c7ccccc7n6-c6ccccc6)c54)cc3)cc(-c3ccccc3)n2)c1. The van der Waals surface area contributed by atoms with Crippen LogP contribution in [0.2, 0.25) is 0 Å². The van der Waals surface area contributed by atoms with Crippen molar-refractivity contribution in [3.05, 3.63) is 193 Å². The van der Waals surface area contributed by atoms with E-state index in [4.69, 9.17) is 11.6 Å². The molecular formula is C48H30N4. The number of aromatic nitrogens is 3. The maximum absolute atomic E-state index is 7.56. The molecule has 7 aromatic carbocycles. The quantitative estimate of drug-likeness (QED) is 0.169. The third-order valence-corrected chi connectivity index (χ3v) is 10.1. The van der Waals surface area contributed by atoms with Crippen LogP contribution in [0.1, 0.15) is 0 Å². The zero-order valence-electron chi connectivity index (χ0n) is 28.1. The molecule has 0 amide bonds. The zero-order chi connectivity index (χ0) is 34.6. The summed E-state index contributed by atoms with van der Waals surface area (Å²) in [5.74, 6) is 0. The normalized spacial score (nSPS) is 11.4. The lowest BCUT2D eigenvalue weighted by atomic mass is 9.99. The number of benzene rings is 7.